The summed E-state index contributed by atoms with van der Waals surface area (Å²) in [6.07, 6.45) is 5.01. The van der Waals surface area contributed by atoms with Gasteiger partial charge in [-0.2, -0.15) is 9.57 Å². The molecule has 0 spiro atoms. The average molecular weight is 467 g/mol. The summed E-state index contributed by atoms with van der Waals surface area (Å²) in [5.74, 6) is -0.409. The second-order valence-electron chi connectivity index (χ2n) is 9.06. The molecular weight excluding hydrogens is 436 g/mol. The molecule has 2 aromatic rings. The number of aryl methyl sites for hydroxylation is 2. The van der Waals surface area contributed by atoms with E-state index in [-0.39, 0.29) is 16.5 Å². The minimum Gasteiger partial charge on any atom is -0.349 e. The van der Waals surface area contributed by atoms with Gasteiger partial charge in [0.25, 0.3) is 5.91 Å². The molecule has 0 atom stereocenters. The van der Waals surface area contributed by atoms with E-state index in [1.807, 2.05) is 32.9 Å². The number of hydrogen-bond acceptors (Lipinski definition) is 4. The number of carbonyl (C=O) groups excluding carboxylic acids is 1. The lowest BCUT2D eigenvalue weighted by atomic mass is 10.1. The molecule has 1 aromatic heterocycles. The largest absolute Gasteiger partial charge is 0.349 e. The molecule has 4 rings (SSSR count). The van der Waals surface area contributed by atoms with Crippen molar-refractivity contribution in [3.8, 4) is 6.07 Å². The third-order valence-electron chi connectivity index (χ3n) is 6.55. The van der Waals surface area contributed by atoms with Crippen LogP contribution in [0.1, 0.15) is 54.2 Å². The molecule has 0 bridgehead atoms. The minimum absolute atomic E-state index is 0.0701. The highest BCUT2D eigenvalue weighted by atomic mass is 32.2. The van der Waals surface area contributed by atoms with Crippen LogP contribution >= 0.6 is 0 Å². The van der Waals surface area contributed by atoms with Crippen LogP contribution in [0, 0.1) is 32.1 Å². The van der Waals surface area contributed by atoms with Gasteiger partial charge in [-0.05, 0) is 76.3 Å². The zero-order chi connectivity index (χ0) is 23.8. The monoisotopic (exact) mass is 466 g/mol. The van der Waals surface area contributed by atoms with Crippen LogP contribution < -0.4 is 5.32 Å². The zero-order valence-electron chi connectivity index (χ0n) is 19.3. The molecule has 1 amide bonds. The van der Waals surface area contributed by atoms with Gasteiger partial charge in [0.1, 0.15) is 11.6 Å². The number of rotatable bonds is 6. The van der Waals surface area contributed by atoms with E-state index in [1.54, 1.807) is 30.3 Å². The average Bonchev–Trinajstić information content (AvgIpc) is 3.58. The van der Waals surface area contributed by atoms with Gasteiger partial charge < -0.3 is 9.88 Å². The molecule has 2 fully saturated rings. The number of hydrogen-bond donors (Lipinski definition) is 1. The van der Waals surface area contributed by atoms with E-state index >= 15 is 0 Å². The van der Waals surface area contributed by atoms with Crippen molar-refractivity contribution in [1.82, 2.24) is 14.2 Å². The first-order valence-corrected chi connectivity index (χ1v) is 12.8. The lowest BCUT2D eigenvalue weighted by molar-refractivity contribution is -0.117. The maximum atomic E-state index is 12.9. The van der Waals surface area contributed by atoms with Gasteiger partial charge in [-0.1, -0.05) is 17.7 Å². The number of aromatic nitrogens is 1. The predicted molar refractivity (Wildman–Crippen MR) is 127 cm³/mol. The molecular formula is C25H30N4O3S. The topological polar surface area (TPSA) is 95.2 Å². The Labute approximate surface area is 195 Å². The normalized spacial score (nSPS) is 18.2. The molecule has 1 aliphatic heterocycles. The Morgan fingerprint density at radius 2 is 1.73 bits per heavy atom. The lowest BCUT2D eigenvalue weighted by Gasteiger charge is -2.31. The minimum atomic E-state index is -3.55. The van der Waals surface area contributed by atoms with Gasteiger partial charge in [-0.25, -0.2) is 8.42 Å². The molecule has 0 radical (unpaired) electrons. The molecule has 8 heteroatoms. The van der Waals surface area contributed by atoms with E-state index in [9.17, 15) is 18.5 Å². The summed E-state index contributed by atoms with van der Waals surface area (Å²) in [7, 11) is -3.55. The van der Waals surface area contributed by atoms with Crippen molar-refractivity contribution in [2.24, 2.45) is 0 Å². The van der Waals surface area contributed by atoms with E-state index in [0.717, 1.165) is 22.5 Å². The fourth-order valence-corrected chi connectivity index (χ4v) is 5.98. The second-order valence-corrected chi connectivity index (χ2v) is 11.0. The Bertz CT molecular complexity index is 1220. The van der Waals surface area contributed by atoms with Crippen molar-refractivity contribution >= 4 is 22.0 Å². The van der Waals surface area contributed by atoms with E-state index in [2.05, 4.69) is 9.88 Å². The molecule has 1 aliphatic carbocycles. The molecule has 0 unspecified atom stereocenters. The molecule has 1 aromatic carbocycles. The Balaban J connectivity index is 1.39. The Morgan fingerprint density at radius 3 is 2.30 bits per heavy atom. The molecule has 2 aliphatic rings. The fraction of sp³-hybridized carbons (Fsp3) is 0.440. The van der Waals surface area contributed by atoms with Gasteiger partial charge in [0.2, 0.25) is 10.0 Å². The first-order chi connectivity index (χ1) is 15.7. The smallest absolute Gasteiger partial charge is 0.262 e. The standard InChI is InChI=1S/C25H30N4O3S/c1-17-4-8-24(9-5-17)33(31,32)28-12-10-22(11-13-28)27-25(30)21(16-26)15-20-14-18(2)29(19(20)3)23-6-7-23/h4-5,8-9,14-15,22-23H,6-7,10-13H2,1-3H3,(H,27,30)/b21-15+. The molecule has 7 nitrogen and oxygen atoms in total. The predicted octanol–water partition coefficient (Wildman–Crippen LogP) is 3.62. The van der Waals surface area contributed by atoms with E-state index in [1.165, 1.54) is 17.1 Å². The maximum Gasteiger partial charge on any atom is 0.262 e. The number of nitriles is 1. The summed E-state index contributed by atoms with van der Waals surface area (Å²) in [4.78, 5) is 13.1. The van der Waals surface area contributed by atoms with Crippen LogP contribution in [-0.4, -0.2) is 42.3 Å². The van der Waals surface area contributed by atoms with Gasteiger partial charge in [0.05, 0.1) is 4.90 Å². The van der Waals surface area contributed by atoms with Gasteiger partial charge >= 0.3 is 0 Å². The summed E-state index contributed by atoms with van der Waals surface area (Å²) in [5, 5.41) is 12.5. The van der Waals surface area contributed by atoms with Crippen LogP contribution in [0.25, 0.3) is 6.08 Å². The summed E-state index contributed by atoms with van der Waals surface area (Å²) >= 11 is 0. The zero-order valence-corrected chi connectivity index (χ0v) is 20.2. The van der Waals surface area contributed by atoms with Crippen LogP contribution in [0.2, 0.25) is 0 Å². The molecule has 1 N–H and O–H groups in total. The van der Waals surface area contributed by atoms with Crippen molar-refractivity contribution in [2.45, 2.75) is 63.4 Å². The van der Waals surface area contributed by atoms with Crippen molar-refractivity contribution in [2.75, 3.05) is 13.1 Å². The van der Waals surface area contributed by atoms with Crippen molar-refractivity contribution in [3.05, 3.63) is 58.4 Å². The first kappa shape index (κ1) is 23.3. The van der Waals surface area contributed by atoms with E-state index in [4.69, 9.17) is 0 Å². The lowest BCUT2D eigenvalue weighted by Crippen LogP contribution is -2.46. The summed E-state index contributed by atoms with van der Waals surface area (Å²) in [5.41, 5.74) is 4.18. The highest BCUT2D eigenvalue weighted by Crippen LogP contribution is 2.38. The number of sulfonamides is 1. The number of benzene rings is 1. The van der Waals surface area contributed by atoms with E-state index < -0.39 is 15.9 Å². The Hall–Kier alpha value is -2.89. The van der Waals surface area contributed by atoms with Crippen molar-refractivity contribution < 1.29 is 13.2 Å². The first-order valence-electron chi connectivity index (χ1n) is 11.4. The maximum absolute atomic E-state index is 12.9. The molecule has 1 saturated heterocycles. The second kappa shape index (κ2) is 9.16. The van der Waals surface area contributed by atoms with Gasteiger partial charge in [0, 0.05) is 36.6 Å². The SMILES string of the molecule is Cc1ccc(S(=O)(=O)N2CCC(NC(=O)/C(C#N)=C/c3cc(C)n(C4CC4)c3C)CC2)cc1. The number of carbonyl (C=O) groups is 1. The summed E-state index contributed by atoms with van der Waals surface area (Å²) in [6, 6.07) is 11.3. The fourth-order valence-electron chi connectivity index (χ4n) is 4.51. The third kappa shape index (κ3) is 4.90. The van der Waals surface area contributed by atoms with Gasteiger partial charge in [-0.3, -0.25) is 4.79 Å². The Morgan fingerprint density at radius 1 is 1.09 bits per heavy atom. The van der Waals surface area contributed by atoms with E-state index in [0.29, 0.717) is 32.0 Å². The van der Waals surface area contributed by atoms with Gasteiger partial charge in [0.15, 0.2) is 0 Å². The molecule has 2 heterocycles. The van der Waals surface area contributed by atoms with Crippen LogP contribution in [0.3, 0.4) is 0 Å². The number of amides is 1. The quantitative estimate of drug-likeness (QED) is 0.520. The van der Waals surface area contributed by atoms with Crippen LogP contribution in [-0.2, 0) is 14.8 Å². The molecule has 1 saturated carbocycles. The van der Waals surface area contributed by atoms with Crippen LogP contribution in [0.15, 0.2) is 40.8 Å². The molecule has 174 valence electrons. The third-order valence-corrected chi connectivity index (χ3v) is 8.46. The summed E-state index contributed by atoms with van der Waals surface area (Å²) in [6.45, 7) is 6.64. The highest BCUT2D eigenvalue weighted by molar-refractivity contribution is 7.89. The number of nitrogens with one attached hydrogen (secondary N) is 1. The number of nitrogens with zero attached hydrogens (tertiary/aromatic N) is 3. The van der Waals surface area contributed by atoms with Gasteiger partial charge in [-0.15, -0.1) is 0 Å². The number of piperidine rings is 1. The van der Waals surface area contributed by atoms with Crippen molar-refractivity contribution in [1.29, 1.82) is 5.26 Å². The highest BCUT2D eigenvalue weighted by Gasteiger charge is 2.30. The van der Waals surface area contributed by atoms with Crippen molar-refractivity contribution in [3.63, 3.8) is 0 Å². The van der Waals surface area contributed by atoms with Crippen LogP contribution in [0.4, 0.5) is 0 Å². The van der Waals surface area contributed by atoms with Crippen LogP contribution in [0.5, 0.6) is 0 Å². The Kier molecular flexibility index (Phi) is 6.46. The summed E-state index contributed by atoms with van der Waals surface area (Å²) < 4.78 is 29.5. The molecule has 33 heavy (non-hydrogen) atoms.